The van der Waals surface area contributed by atoms with Crippen LogP contribution in [0, 0.1) is 0 Å². The predicted octanol–water partition coefficient (Wildman–Crippen LogP) is 5.38. The first-order valence-electron chi connectivity index (χ1n) is 11.8. The fourth-order valence-electron chi connectivity index (χ4n) is 3.72. The summed E-state index contributed by atoms with van der Waals surface area (Å²) in [5, 5.41) is 24.2. The van der Waals surface area contributed by atoms with Crippen molar-refractivity contribution < 1.29 is 9.90 Å². The number of anilines is 1. The van der Waals surface area contributed by atoms with Crippen LogP contribution in [0.25, 0.3) is 17.1 Å². The fourth-order valence-corrected chi connectivity index (χ4v) is 4.59. The Labute approximate surface area is 225 Å². The molecule has 8 nitrogen and oxygen atoms in total. The summed E-state index contributed by atoms with van der Waals surface area (Å²) in [5.41, 5.74) is 5.68. The van der Waals surface area contributed by atoms with Gasteiger partial charge < -0.3 is 10.0 Å². The molecule has 0 aliphatic heterocycles. The third kappa shape index (κ3) is 6.49. The van der Waals surface area contributed by atoms with Gasteiger partial charge in [0.05, 0.1) is 12.0 Å². The predicted molar refractivity (Wildman–Crippen MR) is 150 cm³/mol. The second-order valence-corrected chi connectivity index (χ2v) is 9.36. The number of halogens is 1. The van der Waals surface area contributed by atoms with Crippen LogP contribution in [0.2, 0.25) is 5.02 Å². The number of aromatic hydroxyl groups is 1. The average Bonchev–Trinajstić information content (AvgIpc) is 3.34. The van der Waals surface area contributed by atoms with E-state index < -0.39 is 0 Å². The number of nitrogens with zero attached hydrogens (tertiary/aromatic N) is 5. The summed E-state index contributed by atoms with van der Waals surface area (Å²) in [6.07, 6.45) is 1.42. The number of hydrazone groups is 1. The average molecular weight is 535 g/mol. The number of carbonyl (C=O) groups is 1. The van der Waals surface area contributed by atoms with Crippen molar-refractivity contribution in [1.82, 2.24) is 20.2 Å². The molecule has 37 heavy (non-hydrogen) atoms. The normalized spacial score (nSPS) is 11.1. The Balaban J connectivity index is 1.44. The minimum atomic E-state index is -0.313. The first-order chi connectivity index (χ1) is 18.0. The molecule has 0 saturated heterocycles. The lowest BCUT2D eigenvalue weighted by Gasteiger charge is -2.21. The highest BCUT2D eigenvalue weighted by molar-refractivity contribution is 7.99. The molecule has 0 bridgehead atoms. The summed E-state index contributed by atoms with van der Waals surface area (Å²) >= 11 is 7.32. The molecule has 0 atom stereocenters. The number of phenolic OH excluding ortho intramolecular Hbond substituents is 1. The van der Waals surface area contributed by atoms with Gasteiger partial charge in [-0.15, -0.1) is 10.2 Å². The zero-order valence-electron chi connectivity index (χ0n) is 20.5. The van der Waals surface area contributed by atoms with Gasteiger partial charge in [0.1, 0.15) is 5.75 Å². The number of carbonyl (C=O) groups excluding carboxylic acids is 1. The Morgan fingerprint density at radius 1 is 1.08 bits per heavy atom. The summed E-state index contributed by atoms with van der Waals surface area (Å²) in [6, 6.07) is 22.4. The van der Waals surface area contributed by atoms with Crippen LogP contribution >= 0.6 is 23.4 Å². The fraction of sp³-hybridized carbons (Fsp3) is 0.185. The molecule has 0 aliphatic carbocycles. The maximum Gasteiger partial charge on any atom is 0.250 e. The van der Waals surface area contributed by atoms with Gasteiger partial charge in [0.15, 0.2) is 11.0 Å². The van der Waals surface area contributed by atoms with E-state index in [-0.39, 0.29) is 17.4 Å². The Morgan fingerprint density at radius 2 is 1.81 bits per heavy atom. The lowest BCUT2D eigenvalue weighted by Crippen LogP contribution is -2.21. The van der Waals surface area contributed by atoms with Gasteiger partial charge >= 0.3 is 0 Å². The van der Waals surface area contributed by atoms with Crippen molar-refractivity contribution in [2.24, 2.45) is 5.10 Å². The van der Waals surface area contributed by atoms with E-state index in [9.17, 15) is 9.90 Å². The number of amides is 1. The highest BCUT2D eigenvalue weighted by Crippen LogP contribution is 2.28. The molecule has 0 spiro atoms. The topological polar surface area (TPSA) is 95.6 Å². The Bertz CT molecular complexity index is 1370. The van der Waals surface area contributed by atoms with Crippen LogP contribution in [-0.2, 0) is 4.79 Å². The van der Waals surface area contributed by atoms with Crippen LogP contribution in [0.4, 0.5) is 5.69 Å². The van der Waals surface area contributed by atoms with Gasteiger partial charge in [0.2, 0.25) is 0 Å². The Kier molecular flexibility index (Phi) is 8.81. The van der Waals surface area contributed by atoms with Gasteiger partial charge in [0.25, 0.3) is 5.91 Å². The summed E-state index contributed by atoms with van der Waals surface area (Å²) in [5.74, 6) is 0.520. The molecule has 3 aromatic carbocycles. The van der Waals surface area contributed by atoms with Crippen molar-refractivity contribution in [1.29, 1.82) is 0 Å². The number of aromatic nitrogens is 3. The third-order valence-electron chi connectivity index (χ3n) is 5.62. The van der Waals surface area contributed by atoms with Gasteiger partial charge in [-0.05, 0) is 50.2 Å². The maximum atomic E-state index is 12.5. The first kappa shape index (κ1) is 26.2. The van der Waals surface area contributed by atoms with Crippen LogP contribution in [-0.4, -0.2) is 50.8 Å². The molecule has 1 aromatic heterocycles. The highest BCUT2D eigenvalue weighted by Gasteiger charge is 2.17. The van der Waals surface area contributed by atoms with Crippen LogP contribution < -0.4 is 10.3 Å². The molecule has 4 aromatic rings. The van der Waals surface area contributed by atoms with Crippen molar-refractivity contribution in [3.63, 3.8) is 0 Å². The zero-order valence-corrected chi connectivity index (χ0v) is 22.1. The molecular formula is C27H27ClN6O2S. The van der Waals surface area contributed by atoms with Crippen molar-refractivity contribution in [2.75, 3.05) is 23.7 Å². The van der Waals surface area contributed by atoms with E-state index >= 15 is 0 Å². The van der Waals surface area contributed by atoms with Gasteiger partial charge in [-0.1, -0.05) is 53.7 Å². The quantitative estimate of drug-likeness (QED) is 0.161. The van der Waals surface area contributed by atoms with E-state index in [1.165, 1.54) is 18.0 Å². The molecule has 0 fully saturated rings. The molecule has 1 amide bonds. The lowest BCUT2D eigenvalue weighted by atomic mass is 10.2. The molecule has 2 N–H and O–H groups in total. The van der Waals surface area contributed by atoms with Gasteiger partial charge in [0, 0.05) is 46.7 Å². The smallest absolute Gasteiger partial charge is 0.250 e. The number of hydrogen-bond donors (Lipinski definition) is 2. The summed E-state index contributed by atoms with van der Waals surface area (Å²) in [6.45, 7) is 5.80. The number of phenols is 1. The molecule has 0 unspecified atom stereocenters. The van der Waals surface area contributed by atoms with Crippen molar-refractivity contribution in [2.45, 2.75) is 19.0 Å². The van der Waals surface area contributed by atoms with Crippen LogP contribution in [0.15, 0.2) is 83.1 Å². The molecule has 1 heterocycles. The second-order valence-electron chi connectivity index (χ2n) is 7.98. The number of nitrogens with one attached hydrogen (secondary N) is 1. The SMILES string of the molecule is CCN(CC)c1ccc(/C=N\NC(=O)CSc2nnc(-c3ccccc3)n2-c2ccc(Cl)cc2)c(O)c1. The van der Waals surface area contributed by atoms with E-state index in [0.29, 0.717) is 21.6 Å². The molecule has 0 radical (unpaired) electrons. The van der Waals surface area contributed by atoms with E-state index in [4.69, 9.17) is 11.6 Å². The minimum Gasteiger partial charge on any atom is -0.507 e. The van der Waals surface area contributed by atoms with Crippen molar-refractivity contribution in [3.05, 3.63) is 83.4 Å². The van der Waals surface area contributed by atoms with Crippen molar-refractivity contribution in [3.8, 4) is 22.8 Å². The number of rotatable bonds is 10. The number of thioether (sulfide) groups is 1. The van der Waals surface area contributed by atoms with E-state index in [0.717, 1.165) is 30.0 Å². The minimum absolute atomic E-state index is 0.0741. The molecule has 0 saturated carbocycles. The monoisotopic (exact) mass is 534 g/mol. The number of hydrogen-bond acceptors (Lipinski definition) is 7. The highest BCUT2D eigenvalue weighted by atomic mass is 35.5. The Hall–Kier alpha value is -3.82. The van der Waals surface area contributed by atoms with Gasteiger partial charge in [-0.3, -0.25) is 9.36 Å². The third-order valence-corrected chi connectivity index (χ3v) is 6.80. The lowest BCUT2D eigenvalue weighted by molar-refractivity contribution is -0.118. The first-order valence-corrected chi connectivity index (χ1v) is 13.2. The maximum absolute atomic E-state index is 12.5. The summed E-state index contributed by atoms with van der Waals surface area (Å²) < 4.78 is 1.89. The largest absolute Gasteiger partial charge is 0.507 e. The van der Waals surface area contributed by atoms with E-state index in [1.54, 1.807) is 24.3 Å². The standard InChI is InChI=1S/C27H27ClN6O2S/c1-3-33(4-2)23-13-10-20(24(35)16-23)17-29-30-25(36)18-37-27-32-31-26(19-8-6-5-7-9-19)34(27)22-14-11-21(28)12-15-22/h5-17,35H,3-4,18H2,1-2H3,(H,30,36)/b29-17-. The van der Waals surface area contributed by atoms with Gasteiger partial charge in [-0.2, -0.15) is 5.10 Å². The zero-order chi connectivity index (χ0) is 26.2. The van der Waals surface area contributed by atoms with Crippen LogP contribution in [0.5, 0.6) is 5.75 Å². The second kappa shape index (κ2) is 12.4. The van der Waals surface area contributed by atoms with Crippen LogP contribution in [0.1, 0.15) is 19.4 Å². The molecule has 190 valence electrons. The number of benzene rings is 3. The summed E-state index contributed by atoms with van der Waals surface area (Å²) in [4.78, 5) is 14.6. The molecular weight excluding hydrogens is 508 g/mol. The molecule has 10 heteroatoms. The van der Waals surface area contributed by atoms with E-state index in [1.807, 2.05) is 53.1 Å². The van der Waals surface area contributed by atoms with Crippen LogP contribution in [0.3, 0.4) is 0 Å². The molecule has 0 aliphatic rings. The van der Waals surface area contributed by atoms with Gasteiger partial charge in [-0.25, -0.2) is 5.43 Å². The molecule has 4 rings (SSSR count). The van der Waals surface area contributed by atoms with E-state index in [2.05, 4.69) is 39.5 Å². The summed E-state index contributed by atoms with van der Waals surface area (Å²) in [7, 11) is 0. The van der Waals surface area contributed by atoms with Crippen molar-refractivity contribution >= 4 is 41.2 Å². The Morgan fingerprint density at radius 3 is 2.49 bits per heavy atom.